The quantitative estimate of drug-likeness (QED) is 0.323. The molecule has 0 aromatic rings. The average Bonchev–Trinajstić information content (AvgIpc) is 2.16. The van der Waals surface area contributed by atoms with Crippen molar-refractivity contribution < 1.29 is 34.9 Å². The molecule has 0 rings (SSSR count). The molecule has 0 saturated carbocycles. The summed E-state index contributed by atoms with van der Waals surface area (Å²) in [6.07, 6.45) is -6.29. The number of nitrogens with one attached hydrogen (secondary N) is 1. The topological polar surface area (TPSA) is 82.0 Å². The number of nitrogens with zero attached hydrogens (tertiary/aromatic N) is 2. The van der Waals surface area contributed by atoms with E-state index in [1.54, 1.807) is 7.05 Å². The number of alkyl halides is 5. The number of hydrogen-bond donors (Lipinski definition) is 2. The lowest BCUT2D eigenvalue weighted by atomic mass is 10.7. The highest BCUT2D eigenvalue weighted by molar-refractivity contribution is 7.86. The number of aliphatic imine (C=N–C) groups is 1. The molecule has 0 saturated heterocycles. The lowest BCUT2D eigenvalue weighted by Gasteiger charge is -2.15. The van der Waals surface area contributed by atoms with Crippen molar-refractivity contribution in [2.75, 3.05) is 28.2 Å². The van der Waals surface area contributed by atoms with Gasteiger partial charge in [0.05, 0.1) is 0 Å². The Morgan fingerprint density at radius 3 is 1.58 bits per heavy atom. The molecular formula is C7H14F5N3O3S. The molecule has 0 amide bonds. The maximum absolute atomic E-state index is 11.5. The number of hydrogen-bond acceptors (Lipinski definition) is 3. The Balaban J connectivity index is 0. The second kappa shape index (κ2) is 6.84. The molecule has 0 unspecified atom stereocenters. The molecule has 0 atom stereocenters. The molecule has 19 heavy (non-hydrogen) atoms. The monoisotopic (exact) mass is 315 g/mol. The molecule has 0 aliphatic carbocycles. The third-order valence-electron chi connectivity index (χ3n) is 1.51. The Bertz CT molecular complexity index is 405. The smallest absolute Gasteiger partial charge is 0.359 e. The molecule has 0 bridgehead atoms. The van der Waals surface area contributed by atoms with Crippen molar-refractivity contribution in [2.45, 2.75) is 11.4 Å². The van der Waals surface area contributed by atoms with Gasteiger partial charge in [0, 0.05) is 28.2 Å². The highest BCUT2D eigenvalue weighted by Gasteiger charge is 2.67. The van der Waals surface area contributed by atoms with Crippen LogP contribution in [0.3, 0.4) is 0 Å². The van der Waals surface area contributed by atoms with E-state index in [1.807, 2.05) is 26.0 Å². The van der Waals surface area contributed by atoms with Gasteiger partial charge >= 0.3 is 21.5 Å². The van der Waals surface area contributed by atoms with Crippen LogP contribution in [-0.2, 0) is 10.1 Å². The van der Waals surface area contributed by atoms with E-state index in [0.29, 0.717) is 0 Å². The van der Waals surface area contributed by atoms with E-state index >= 15 is 0 Å². The third kappa shape index (κ3) is 6.00. The van der Waals surface area contributed by atoms with Crippen LogP contribution in [0.2, 0.25) is 0 Å². The van der Waals surface area contributed by atoms with Gasteiger partial charge in [-0.1, -0.05) is 0 Å². The fourth-order valence-corrected chi connectivity index (χ4v) is 0.974. The average molecular weight is 315 g/mol. The maximum Gasteiger partial charge on any atom is 0.472 e. The molecule has 0 radical (unpaired) electrons. The Labute approximate surface area is 107 Å². The highest BCUT2D eigenvalue weighted by atomic mass is 32.2. The van der Waals surface area contributed by atoms with Crippen LogP contribution in [0.4, 0.5) is 22.0 Å². The first-order valence-electron chi connectivity index (χ1n) is 4.45. The lowest BCUT2D eigenvalue weighted by Crippen LogP contribution is -2.43. The molecule has 116 valence electrons. The standard InChI is InChI=1S/C5H13N3.C2HF5O3S/c1-6-5(7-2)8(3)4;3-1(4,5)2(6,7)11(8,9)10/h1-4H3,(H,6,7);(H,8,9,10). The molecule has 0 fully saturated rings. The van der Waals surface area contributed by atoms with Crippen LogP contribution in [0.1, 0.15) is 0 Å². The summed E-state index contributed by atoms with van der Waals surface area (Å²) >= 11 is 0. The third-order valence-corrected chi connectivity index (χ3v) is 2.39. The fourth-order valence-electron chi connectivity index (χ4n) is 0.682. The first-order chi connectivity index (χ1) is 8.22. The first-order valence-corrected chi connectivity index (χ1v) is 5.89. The second-order valence-corrected chi connectivity index (χ2v) is 4.64. The van der Waals surface area contributed by atoms with Crippen molar-refractivity contribution >= 4 is 16.1 Å². The van der Waals surface area contributed by atoms with Crippen LogP contribution in [0, 0.1) is 0 Å². The minimum atomic E-state index is -6.42. The summed E-state index contributed by atoms with van der Waals surface area (Å²) in [6, 6.07) is 0. The van der Waals surface area contributed by atoms with Crippen molar-refractivity contribution in [3.05, 3.63) is 0 Å². The summed E-state index contributed by atoms with van der Waals surface area (Å²) < 4.78 is 82.2. The summed E-state index contributed by atoms with van der Waals surface area (Å²) in [5, 5.41) is -3.17. The highest BCUT2D eigenvalue weighted by Crippen LogP contribution is 2.38. The zero-order valence-corrected chi connectivity index (χ0v) is 11.3. The van der Waals surface area contributed by atoms with Gasteiger partial charge in [0.15, 0.2) is 5.96 Å². The Morgan fingerprint density at radius 2 is 1.58 bits per heavy atom. The lowest BCUT2D eigenvalue weighted by molar-refractivity contribution is -0.243. The van der Waals surface area contributed by atoms with Crippen LogP contribution in [-0.4, -0.2) is 63.5 Å². The number of guanidine groups is 1. The van der Waals surface area contributed by atoms with Gasteiger partial charge in [0.1, 0.15) is 0 Å². The zero-order chi connectivity index (χ0) is 16.1. The zero-order valence-electron chi connectivity index (χ0n) is 10.5. The van der Waals surface area contributed by atoms with Crippen molar-refractivity contribution in [1.29, 1.82) is 0 Å². The molecule has 0 aromatic heterocycles. The van der Waals surface area contributed by atoms with Crippen LogP contribution in [0.5, 0.6) is 0 Å². The van der Waals surface area contributed by atoms with E-state index in [1.165, 1.54) is 0 Å². The first kappa shape index (κ1) is 20.2. The summed E-state index contributed by atoms with van der Waals surface area (Å²) in [4.78, 5) is 5.85. The van der Waals surface area contributed by atoms with Crippen molar-refractivity contribution in [3.63, 3.8) is 0 Å². The molecule has 2 N–H and O–H groups in total. The molecule has 0 aliphatic rings. The van der Waals surface area contributed by atoms with Crippen LogP contribution in [0.25, 0.3) is 0 Å². The van der Waals surface area contributed by atoms with E-state index < -0.39 is 21.5 Å². The van der Waals surface area contributed by atoms with Gasteiger partial charge in [0.2, 0.25) is 0 Å². The summed E-state index contributed by atoms with van der Waals surface area (Å²) in [5.74, 6) is 0.894. The normalized spacial score (nSPS) is 13.5. The van der Waals surface area contributed by atoms with Crippen molar-refractivity contribution in [3.8, 4) is 0 Å². The SMILES string of the molecule is CN=C(NC)N(C)C.O=S(=O)(O)C(F)(F)C(F)(F)F. The summed E-state index contributed by atoms with van der Waals surface area (Å²) in [6.45, 7) is 0. The van der Waals surface area contributed by atoms with Crippen LogP contribution < -0.4 is 5.32 Å². The predicted octanol–water partition coefficient (Wildman–Crippen LogP) is 0.782. The van der Waals surface area contributed by atoms with Crippen molar-refractivity contribution in [1.82, 2.24) is 10.2 Å². The predicted molar refractivity (Wildman–Crippen MR) is 58.7 cm³/mol. The van der Waals surface area contributed by atoms with Gasteiger partial charge in [-0.2, -0.15) is 30.4 Å². The molecule has 0 aliphatic heterocycles. The minimum absolute atomic E-state index is 0.894. The minimum Gasteiger partial charge on any atom is -0.359 e. The maximum atomic E-state index is 11.5. The van der Waals surface area contributed by atoms with Gasteiger partial charge in [0.25, 0.3) is 0 Å². The van der Waals surface area contributed by atoms with E-state index in [4.69, 9.17) is 4.55 Å². The summed E-state index contributed by atoms with van der Waals surface area (Å²) in [7, 11) is 1.07. The molecule has 0 heterocycles. The van der Waals surface area contributed by atoms with Gasteiger partial charge in [-0.15, -0.1) is 0 Å². The van der Waals surface area contributed by atoms with Gasteiger partial charge in [-0.3, -0.25) is 9.55 Å². The Kier molecular flexibility index (Phi) is 7.26. The van der Waals surface area contributed by atoms with Crippen LogP contribution in [0.15, 0.2) is 4.99 Å². The molecule has 6 nitrogen and oxygen atoms in total. The Morgan fingerprint density at radius 1 is 1.21 bits per heavy atom. The van der Waals surface area contributed by atoms with Gasteiger partial charge in [-0.05, 0) is 0 Å². The fraction of sp³-hybridized carbons (Fsp3) is 0.857. The van der Waals surface area contributed by atoms with E-state index in [-0.39, 0.29) is 0 Å². The molecule has 0 spiro atoms. The summed E-state index contributed by atoms with van der Waals surface area (Å²) in [5.41, 5.74) is 0. The van der Waals surface area contributed by atoms with Gasteiger partial charge < -0.3 is 10.2 Å². The molecule has 12 heteroatoms. The van der Waals surface area contributed by atoms with Gasteiger partial charge in [-0.25, -0.2) is 0 Å². The molecular weight excluding hydrogens is 301 g/mol. The number of rotatable bonds is 1. The van der Waals surface area contributed by atoms with Crippen molar-refractivity contribution in [2.24, 2.45) is 4.99 Å². The van der Waals surface area contributed by atoms with E-state index in [9.17, 15) is 30.4 Å². The largest absolute Gasteiger partial charge is 0.472 e. The second-order valence-electron chi connectivity index (χ2n) is 3.18. The van der Waals surface area contributed by atoms with Crippen LogP contribution >= 0.6 is 0 Å². The van der Waals surface area contributed by atoms with E-state index in [0.717, 1.165) is 5.96 Å². The van der Waals surface area contributed by atoms with E-state index in [2.05, 4.69) is 10.3 Å². The number of halogens is 5. The Hall–Kier alpha value is -1.17. The molecule has 0 aromatic carbocycles.